The molecule has 0 saturated carbocycles. The van der Waals surface area contributed by atoms with Gasteiger partial charge in [-0.3, -0.25) is 4.79 Å². The fourth-order valence-corrected chi connectivity index (χ4v) is 3.34. The van der Waals surface area contributed by atoms with Crippen LogP contribution >= 0.6 is 0 Å². The van der Waals surface area contributed by atoms with Crippen LogP contribution in [0.3, 0.4) is 0 Å². The number of anilines is 1. The summed E-state index contributed by atoms with van der Waals surface area (Å²) in [6.45, 7) is 3.89. The van der Waals surface area contributed by atoms with E-state index < -0.39 is 0 Å². The second kappa shape index (κ2) is 6.43. The van der Waals surface area contributed by atoms with Gasteiger partial charge in [0.15, 0.2) is 0 Å². The van der Waals surface area contributed by atoms with E-state index in [-0.39, 0.29) is 11.8 Å². The Balaban J connectivity index is 1.67. The molecule has 2 fully saturated rings. The normalized spacial score (nSPS) is 24.0. The van der Waals surface area contributed by atoms with Crippen molar-refractivity contribution in [1.29, 1.82) is 0 Å². The van der Waals surface area contributed by atoms with Gasteiger partial charge in [-0.15, -0.1) is 0 Å². The maximum absolute atomic E-state index is 11.2. The minimum atomic E-state index is -0.162. The van der Waals surface area contributed by atoms with Crippen LogP contribution in [0.5, 0.6) is 0 Å². The molecule has 0 spiro atoms. The smallest absolute Gasteiger partial charge is 0.220 e. The lowest BCUT2D eigenvalue weighted by molar-refractivity contribution is -0.122. The number of nitrogens with zero attached hydrogens (tertiary/aromatic N) is 2. The van der Waals surface area contributed by atoms with Gasteiger partial charge in [0, 0.05) is 37.2 Å². The first-order valence-corrected chi connectivity index (χ1v) is 7.96. The van der Waals surface area contributed by atoms with Gasteiger partial charge < -0.3 is 16.0 Å². The third-order valence-electron chi connectivity index (χ3n) is 4.69. The lowest BCUT2D eigenvalue weighted by Crippen LogP contribution is -2.39. The van der Waals surface area contributed by atoms with Gasteiger partial charge in [-0.05, 0) is 44.4 Å². The topological polar surface area (TPSA) is 71.2 Å². The molecule has 2 aliphatic heterocycles. The van der Waals surface area contributed by atoms with Crippen molar-refractivity contribution in [3.05, 3.63) is 23.9 Å². The van der Waals surface area contributed by atoms with Crippen molar-refractivity contribution in [1.82, 2.24) is 10.3 Å². The molecule has 0 radical (unpaired) electrons. The van der Waals surface area contributed by atoms with E-state index in [2.05, 4.69) is 28.4 Å². The van der Waals surface area contributed by atoms with Crippen molar-refractivity contribution in [2.75, 3.05) is 31.1 Å². The third-order valence-corrected chi connectivity index (χ3v) is 4.69. The highest BCUT2D eigenvalue weighted by Gasteiger charge is 2.24. The Morgan fingerprint density at radius 1 is 1.29 bits per heavy atom. The minimum absolute atomic E-state index is 0.0342. The number of primary amides is 1. The molecule has 5 heteroatoms. The maximum Gasteiger partial charge on any atom is 0.220 e. The molecule has 1 unspecified atom stereocenters. The number of rotatable bonds is 3. The summed E-state index contributed by atoms with van der Waals surface area (Å²) in [5.74, 6) is 1.44. The summed E-state index contributed by atoms with van der Waals surface area (Å²) in [7, 11) is 0. The fourth-order valence-electron chi connectivity index (χ4n) is 3.34. The fraction of sp³-hybridized carbons (Fsp3) is 0.625. The number of carbonyl (C=O) groups is 1. The Morgan fingerprint density at radius 3 is 2.76 bits per heavy atom. The SMILES string of the molecule is NC(=O)C1CCN(c2cccc(C3CCCNC3)n2)CC1. The molecule has 2 aliphatic rings. The van der Waals surface area contributed by atoms with Gasteiger partial charge in [0.2, 0.25) is 5.91 Å². The quantitative estimate of drug-likeness (QED) is 0.878. The molecule has 1 aromatic rings. The Labute approximate surface area is 125 Å². The maximum atomic E-state index is 11.2. The highest BCUT2D eigenvalue weighted by Crippen LogP contribution is 2.26. The molecule has 3 rings (SSSR count). The summed E-state index contributed by atoms with van der Waals surface area (Å²) in [6.07, 6.45) is 4.12. The lowest BCUT2D eigenvalue weighted by Gasteiger charge is -2.32. The minimum Gasteiger partial charge on any atom is -0.369 e. The highest BCUT2D eigenvalue weighted by molar-refractivity contribution is 5.76. The molecule has 1 atom stereocenters. The van der Waals surface area contributed by atoms with Crippen LogP contribution in [-0.4, -0.2) is 37.1 Å². The number of aromatic nitrogens is 1. The third kappa shape index (κ3) is 3.35. The van der Waals surface area contributed by atoms with Gasteiger partial charge in [-0.1, -0.05) is 6.07 Å². The molecule has 0 aromatic carbocycles. The van der Waals surface area contributed by atoms with Gasteiger partial charge >= 0.3 is 0 Å². The van der Waals surface area contributed by atoms with Crippen LogP contribution in [0, 0.1) is 5.92 Å². The first-order valence-electron chi connectivity index (χ1n) is 7.96. The Hall–Kier alpha value is -1.62. The molecule has 1 amide bonds. The van der Waals surface area contributed by atoms with E-state index in [1.54, 1.807) is 0 Å². The predicted molar refractivity (Wildman–Crippen MR) is 83.2 cm³/mol. The second-order valence-electron chi connectivity index (χ2n) is 6.13. The second-order valence-corrected chi connectivity index (χ2v) is 6.13. The summed E-state index contributed by atoms with van der Waals surface area (Å²) in [5, 5.41) is 3.45. The Kier molecular flexibility index (Phi) is 4.39. The summed E-state index contributed by atoms with van der Waals surface area (Å²) < 4.78 is 0. The number of piperidine rings is 2. The van der Waals surface area contributed by atoms with Crippen LogP contribution in [0.15, 0.2) is 18.2 Å². The van der Waals surface area contributed by atoms with E-state index in [0.29, 0.717) is 5.92 Å². The molecule has 0 aliphatic carbocycles. The van der Waals surface area contributed by atoms with E-state index in [4.69, 9.17) is 10.7 Å². The molecule has 114 valence electrons. The molecule has 5 nitrogen and oxygen atoms in total. The van der Waals surface area contributed by atoms with Crippen LogP contribution in [0.4, 0.5) is 5.82 Å². The zero-order valence-electron chi connectivity index (χ0n) is 12.4. The lowest BCUT2D eigenvalue weighted by atomic mass is 9.95. The average molecular weight is 288 g/mol. The van der Waals surface area contributed by atoms with Gasteiger partial charge in [0.25, 0.3) is 0 Å². The molecule has 21 heavy (non-hydrogen) atoms. The molecule has 0 bridgehead atoms. The standard InChI is InChI=1S/C16H24N4O/c17-16(21)12-6-9-20(10-7-12)15-5-1-4-14(19-15)13-3-2-8-18-11-13/h1,4-5,12-13,18H,2-3,6-11H2,(H2,17,21). The zero-order valence-corrected chi connectivity index (χ0v) is 12.4. The van der Waals surface area contributed by atoms with Crippen molar-refractivity contribution < 1.29 is 4.79 Å². The van der Waals surface area contributed by atoms with E-state index in [0.717, 1.165) is 44.8 Å². The summed E-state index contributed by atoms with van der Waals surface area (Å²) in [5.41, 5.74) is 6.58. The molecule has 1 aromatic heterocycles. The monoisotopic (exact) mass is 288 g/mol. The number of hydrogen-bond donors (Lipinski definition) is 2. The molecule has 3 heterocycles. The van der Waals surface area contributed by atoms with Crippen LogP contribution in [-0.2, 0) is 4.79 Å². The van der Waals surface area contributed by atoms with Crippen molar-refractivity contribution in [2.45, 2.75) is 31.6 Å². The van der Waals surface area contributed by atoms with Gasteiger partial charge in [0.05, 0.1) is 0 Å². The number of nitrogens with two attached hydrogens (primary N) is 1. The van der Waals surface area contributed by atoms with E-state index in [1.165, 1.54) is 18.5 Å². The highest BCUT2D eigenvalue weighted by atomic mass is 16.1. The van der Waals surface area contributed by atoms with Gasteiger partial charge in [0.1, 0.15) is 5.82 Å². The molecular formula is C16H24N4O. The first kappa shape index (κ1) is 14.3. The first-order chi connectivity index (χ1) is 10.2. The zero-order chi connectivity index (χ0) is 14.7. The van der Waals surface area contributed by atoms with E-state index in [9.17, 15) is 4.79 Å². The molecule has 2 saturated heterocycles. The number of carbonyl (C=O) groups excluding carboxylic acids is 1. The van der Waals surface area contributed by atoms with E-state index in [1.807, 2.05) is 0 Å². The van der Waals surface area contributed by atoms with Crippen molar-refractivity contribution >= 4 is 11.7 Å². The predicted octanol–water partition coefficient (Wildman–Crippen LogP) is 1.25. The summed E-state index contributed by atoms with van der Waals surface area (Å²) >= 11 is 0. The summed E-state index contributed by atoms with van der Waals surface area (Å²) in [6, 6.07) is 6.31. The van der Waals surface area contributed by atoms with Crippen LogP contribution < -0.4 is 16.0 Å². The van der Waals surface area contributed by atoms with E-state index >= 15 is 0 Å². The van der Waals surface area contributed by atoms with Crippen molar-refractivity contribution in [2.24, 2.45) is 11.7 Å². The van der Waals surface area contributed by atoms with Gasteiger partial charge in [-0.25, -0.2) is 4.98 Å². The van der Waals surface area contributed by atoms with Crippen LogP contribution in [0.25, 0.3) is 0 Å². The van der Waals surface area contributed by atoms with Crippen molar-refractivity contribution in [3.63, 3.8) is 0 Å². The number of nitrogens with one attached hydrogen (secondary N) is 1. The van der Waals surface area contributed by atoms with Gasteiger partial charge in [-0.2, -0.15) is 0 Å². The molecule has 3 N–H and O–H groups in total. The average Bonchev–Trinajstić information content (AvgIpc) is 2.56. The van der Waals surface area contributed by atoms with Crippen molar-refractivity contribution in [3.8, 4) is 0 Å². The Bertz CT molecular complexity index is 491. The summed E-state index contributed by atoms with van der Waals surface area (Å²) in [4.78, 5) is 18.4. The van der Waals surface area contributed by atoms with Crippen LogP contribution in [0.2, 0.25) is 0 Å². The number of pyridine rings is 1. The molecular weight excluding hydrogens is 264 g/mol. The Morgan fingerprint density at radius 2 is 2.10 bits per heavy atom. The number of amides is 1. The van der Waals surface area contributed by atoms with Crippen LogP contribution in [0.1, 0.15) is 37.3 Å². The largest absolute Gasteiger partial charge is 0.369 e. The number of hydrogen-bond acceptors (Lipinski definition) is 4.